The Hall–Kier alpha value is -1.45. The van der Waals surface area contributed by atoms with Gasteiger partial charge in [-0.05, 0) is 57.2 Å². The molecule has 156 valence electrons. The average Bonchev–Trinajstić information content (AvgIpc) is 3.46. The van der Waals surface area contributed by atoms with Gasteiger partial charge in [-0.3, -0.25) is 4.79 Å². The molecule has 3 rings (SSSR count). The van der Waals surface area contributed by atoms with E-state index in [0.29, 0.717) is 18.5 Å². The number of benzene rings is 1. The van der Waals surface area contributed by atoms with E-state index in [-0.39, 0.29) is 54.0 Å². The number of hydrogen-bond acceptors (Lipinski definition) is 2. The lowest BCUT2D eigenvalue weighted by molar-refractivity contribution is -0.126. The Kier molecular flexibility index (Phi) is 8.91. The Labute approximate surface area is 182 Å². The van der Waals surface area contributed by atoms with Crippen LogP contribution in [0.15, 0.2) is 23.2 Å². The first-order valence-electron chi connectivity index (χ1n) is 9.84. The van der Waals surface area contributed by atoms with E-state index < -0.39 is 11.6 Å². The molecule has 1 amide bonds. The Morgan fingerprint density at radius 2 is 1.93 bits per heavy atom. The van der Waals surface area contributed by atoms with E-state index in [1.165, 1.54) is 6.07 Å². The maximum Gasteiger partial charge on any atom is 0.223 e. The highest BCUT2D eigenvalue weighted by molar-refractivity contribution is 14.0. The van der Waals surface area contributed by atoms with Gasteiger partial charge in [-0.25, -0.2) is 13.8 Å². The second-order valence-electron chi connectivity index (χ2n) is 7.42. The lowest BCUT2D eigenvalue weighted by Crippen LogP contribution is -2.47. The van der Waals surface area contributed by atoms with E-state index in [9.17, 15) is 13.6 Å². The van der Waals surface area contributed by atoms with Gasteiger partial charge in [-0.15, -0.1) is 24.0 Å². The lowest BCUT2D eigenvalue weighted by atomic mass is 9.85. The van der Waals surface area contributed by atoms with E-state index in [0.717, 1.165) is 50.7 Å². The van der Waals surface area contributed by atoms with Crippen LogP contribution in [0, 0.1) is 17.6 Å². The number of nitrogens with one attached hydrogen (secondary N) is 3. The molecule has 0 bridgehead atoms. The van der Waals surface area contributed by atoms with Crippen molar-refractivity contribution in [3.05, 3.63) is 35.4 Å². The molecule has 2 aliphatic carbocycles. The summed E-state index contributed by atoms with van der Waals surface area (Å²) in [6, 6.07) is 3.90. The molecule has 5 nitrogen and oxygen atoms in total. The Balaban J connectivity index is 0.00000280. The fourth-order valence-corrected chi connectivity index (χ4v) is 3.45. The molecule has 2 atom stereocenters. The fraction of sp³-hybridized carbons (Fsp3) is 0.600. The minimum atomic E-state index is -0.476. The van der Waals surface area contributed by atoms with Crippen LogP contribution in [-0.2, 0) is 11.3 Å². The van der Waals surface area contributed by atoms with Crippen molar-refractivity contribution in [3.63, 3.8) is 0 Å². The summed E-state index contributed by atoms with van der Waals surface area (Å²) in [6.45, 7) is 2.67. The summed E-state index contributed by atoms with van der Waals surface area (Å²) < 4.78 is 27.1. The topological polar surface area (TPSA) is 65.5 Å². The van der Waals surface area contributed by atoms with Crippen molar-refractivity contribution >= 4 is 35.8 Å². The molecule has 8 heteroatoms. The molecule has 28 heavy (non-hydrogen) atoms. The molecule has 1 aromatic rings. The number of amides is 1. The standard InChI is InChI=1S/C20H28F2N4O.HI/c1-2-23-20(24-12-14-10-15(21)6-9-18(14)22)26-17-5-3-4-13(11-17)19(27)25-16-7-8-16;/h6,9-10,13,16-17H,2-5,7-8,11-12H2,1H3,(H,25,27)(H2,23,24,26);1H. The largest absolute Gasteiger partial charge is 0.357 e. The first-order valence-corrected chi connectivity index (χ1v) is 9.84. The van der Waals surface area contributed by atoms with Crippen molar-refractivity contribution < 1.29 is 13.6 Å². The van der Waals surface area contributed by atoms with Gasteiger partial charge in [0.2, 0.25) is 5.91 Å². The monoisotopic (exact) mass is 506 g/mol. The number of hydrogen-bond donors (Lipinski definition) is 3. The quantitative estimate of drug-likeness (QED) is 0.315. The summed E-state index contributed by atoms with van der Waals surface area (Å²) in [7, 11) is 0. The van der Waals surface area contributed by atoms with Gasteiger partial charge in [-0.1, -0.05) is 6.42 Å². The van der Waals surface area contributed by atoms with Crippen LogP contribution in [0.25, 0.3) is 0 Å². The minimum absolute atomic E-state index is 0. The van der Waals surface area contributed by atoms with Gasteiger partial charge >= 0.3 is 0 Å². The normalized spacial score (nSPS) is 22.2. The number of carbonyl (C=O) groups is 1. The molecule has 2 saturated carbocycles. The average molecular weight is 506 g/mol. The van der Waals surface area contributed by atoms with Crippen LogP contribution in [0.4, 0.5) is 8.78 Å². The van der Waals surface area contributed by atoms with Crippen molar-refractivity contribution in [2.75, 3.05) is 6.54 Å². The summed E-state index contributed by atoms with van der Waals surface area (Å²) in [5.74, 6) is -0.190. The van der Waals surface area contributed by atoms with Crippen LogP contribution in [0.2, 0.25) is 0 Å². The third kappa shape index (κ3) is 6.86. The molecule has 3 N–H and O–H groups in total. The van der Waals surface area contributed by atoms with Crippen LogP contribution in [0.1, 0.15) is 51.0 Å². The summed E-state index contributed by atoms with van der Waals surface area (Å²) in [5.41, 5.74) is 0.220. The van der Waals surface area contributed by atoms with E-state index >= 15 is 0 Å². The number of halogens is 3. The number of aliphatic imine (C=N–C) groups is 1. The molecule has 0 aromatic heterocycles. The van der Waals surface area contributed by atoms with E-state index in [1.807, 2.05) is 6.92 Å². The zero-order chi connectivity index (χ0) is 19.2. The molecular weight excluding hydrogens is 477 g/mol. The predicted octanol–water partition coefficient (Wildman–Crippen LogP) is 3.48. The maximum absolute atomic E-state index is 13.8. The van der Waals surface area contributed by atoms with Gasteiger partial charge in [0.1, 0.15) is 11.6 Å². The number of guanidine groups is 1. The van der Waals surface area contributed by atoms with Gasteiger partial charge in [0.05, 0.1) is 6.54 Å². The molecule has 0 radical (unpaired) electrons. The van der Waals surface area contributed by atoms with Crippen molar-refractivity contribution in [2.24, 2.45) is 10.9 Å². The first kappa shape index (κ1) is 22.8. The molecule has 0 spiro atoms. The molecule has 0 saturated heterocycles. The number of nitrogens with zero attached hydrogens (tertiary/aromatic N) is 1. The second-order valence-corrected chi connectivity index (χ2v) is 7.42. The van der Waals surface area contributed by atoms with Crippen LogP contribution >= 0.6 is 24.0 Å². The smallest absolute Gasteiger partial charge is 0.223 e. The second kappa shape index (κ2) is 10.9. The number of carbonyl (C=O) groups excluding carboxylic acids is 1. The molecule has 2 aliphatic rings. The van der Waals surface area contributed by atoms with Gasteiger partial charge in [-0.2, -0.15) is 0 Å². The van der Waals surface area contributed by atoms with Crippen LogP contribution in [-0.4, -0.2) is 30.5 Å². The molecular formula is C20H29F2IN4O. The molecule has 2 unspecified atom stereocenters. The van der Waals surface area contributed by atoms with Crippen LogP contribution < -0.4 is 16.0 Å². The highest BCUT2D eigenvalue weighted by Crippen LogP contribution is 2.26. The SMILES string of the molecule is CCNC(=NCc1cc(F)ccc1F)NC1CCCC(C(=O)NC2CC2)C1.I. The van der Waals surface area contributed by atoms with Crippen molar-refractivity contribution in [3.8, 4) is 0 Å². The van der Waals surface area contributed by atoms with Gasteiger partial charge in [0.25, 0.3) is 0 Å². The fourth-order valence-electron chi connectivity index (χ4n) is 3.45. The molecule has 0 heterocycles. The predicted molar refractivity (Wildman–Crippen MR) is 117 cm³/mol. The summed E-state index contributed by atoms with van der Waals surface area (Å²) in [6.07, 6.45) is 5.81. The third-order valence-corrected chi connectivity index (χ3v) is 5.07. The zero-order valence-corrected chi connectivity index (χ0v) is 18.5. The lowest BCUT2D eigenvalue weighted by Gasteiger charge is -2.30. The van der Waals surface area contributed by atoms with E-state index in [1.54, 1.807) is 0 Å². The number of rotatable bonds is 6. The summed E-state index contributed by atoms with van der Waals surface area (Å²) in [5, 5.41) is 9.59. The summed E-state index contributed by atoms with van der Waals surface area (Å²) in [4.78, 5) is 16.7. The van der Waals surface area contributed by atoms with Gasteiger partial charge in [0.15, 0.2) is 5.96 Å². The Bertz CT molecular complexity index is 697. The highest BCUT2D eigenvalue weighted by Gasteiger charge is 2.31. The zero-order valence-electron chi connectivity index (χ0n) is 16.1. The van der Waals surface area contributed by atoms with Crippen LogP contribution in [0.3, 0.4) is 0 Å². The Morgan fingerprint density at radius 1 is 1.14 bits per heavy atom. The third-order valence-electron chi connectivity index (χ3n) is 5.07. The van der Waals surface area contributed by atoms with E-state index in [4.69, 9.17) is 0 Å². The summed E-state index contributed by atoms with van der Waals surface area (Å²) >= 11 is 0. The van der Waals surface area contributed by atoms with Crippen molar-refractivity contribution in [1.82, 2.24) is 16.0 Å². The van der Waals surface area contributed by atoms with Crippen LogP contribution in [0.5, 0.6) is 0 Å². The van der Waals surface area contributed by atoms with Gasteiger partial charge < -0.3 is 16.0 Å². The van der Waals surface area contributed by atoms with Crippen molar-refractivity contribution in [2.45, 2.75) is 64.1 Å². The first-order chi connectivity index (χ1) is 13.0. The molecule has 2 fully saturated rings. The van der Waals surface area contributed by atoms with Crippen molar-refractivity contribution in [1.29, 1.82) is 0 Å². The van der Waals surface area contributed by atoms with E-state index in [2.05, 4.69) is 20.9 Å². The van der Waals surface area contributed by atoms with Gasteiger partial charge in [0, 0.05) is 30.1 Å². The molecule has 1 aromatic carbocycles. The highest BCUT2D eigenvalue weighted by atomic mass is 127. The Morgan fingerprint density at radius 3 is 2.64 bits per heavy atom. The minimum Gasteiger partial charge on any atom is -0.357 e. The maximum atomic E-state index is 13.8. The molecule has 0 aliphatic heterocycles.